The molecule has 0 spiro atoms. The number of ether oxygens (including phenoxy) is 1. The maximum absolute atomic E-state index is 11.1. The Kier molecular flexibility index (Phi) is 5.27. The van der Waals surface area contributed by atoms with Gasteiger partial charge in [-0.25, -0.2) is 0 Å². The van der Waals surface area contributed by atoms with Gasteiger partial charge < -0.3 is 14.7 Å². The van der Waals surface area contributed by atoms with Crippen LogP contribution in [-0.2, 0) is 12.1 Å². The molecular formula is C16H29N3O2. The van der Waals surface area contributed by atoms with Gasteiger partial charge in [0.1, 0.15) is 11.3 Å². The minimum Gasteiger partial charge on any atom is -0.493 e. The van der Waals surface area contributed by atoms with Crippen LogP contribution in [0.15, 0.2) is 6.20 Å². The Morgan fingerprint density at radius 2 is 2.10 bits per heavy atom. The Morgan fingerprint density at radius 1 is 1.43 bits per heavy atom. The fourth-order valence-electron chi connectivity index (χ4n) is 3.25. The molecule has 1 saturated carbocycles. The standard InChI is InChI=1S/C16H29N3O2/c1-5-13-6-8-16(20,9-7-13)15-14(21-4)12-17-19(15)11-10-18(2)3/h12-13,20H,5-11H2,1-4H3. The van der Waals surface area contributed by atoms with Gasteiger partial charge in [0.15, 0.2) is 5.75 Å². The lowest BCUT2D eigenvalue weighted by atomic mass is 9.76. The summed E-state index contributed by atoms with van der Waals surface area (Å²) in [5.41, 5.74) is 0.0706. The summed E-state index contributed by atoms with van der Waals surface area (Å²) in [5, 5.41) is 15.6. The second-order valence-corrected chi connectivity index (χ2v) is 6.47. The molecule has 1 aromatic heterocycles. The topological polar surface area (TPSA) is 50.5 Å². The first-order chi connectivity index (χ1) is 10.00. The highest BCUT2D eigenvalue weighted by molar-refractivity contribution is 5.31. The molecule has 1 aliphatic carbocycles. The number of likely N-dealkylation sites (N-methyl/N-ethyl adjacent to an activating group) is 1. The summed E-state index contributed by atoms with van der Waals surface area (Å²) in [6.45, 7) is 3.90. The van der Waals surface area contributed by atoms with Crippen molar-refractivity contribution >= 4 is 0 Å². The van der Waals surface area contributed by atoms with Crippen LogP contribution in [0.25, 0.3) is 0 Å². The highest BCUT2D eigenvalue weighted by Gasteiger charge is 2.39. The monoisotopic (exact) mass is 295 g/mol. The van der Waals surface area contributed by atoms with Gasteiger partial charge in [0.2, 0.25) is 0 Å². The minimum absolute atomic E-state index is 0.714. The number of rotatable bonds is 6. The average Bonchev–Trinajstić information content (AvgIpc) is 2.89. The first kappa shape index (κ1) is 16.3. The van der Waals surface area contributed by atoms with E-state index in [0.717, 1.165) is 50.4 Å². The Bertz CT molecular complexity index is 448. The van der Waals surface area contributed by atoms with E-state index in [-0.39, 0.29) is 0 Å². The van der Waals surface area contributed by atoms with Crippen LogP contribution < -0.4 is 4.74 Å². The van der Waals surface area contributed by atoms with Crippen molar-refractivity contribution in [1.29, 1.82) is 0 Å². The zero-order valence-electron chi connectivity index (χ0n) is 13.8. The van der Waals surface area contributed by atoms with Gasteiger partial charge in [0, 0.05) is 6.54 Å². The van der Waals surface area contributed by atoms with Crippen LogP contribution in [0, 0.1) is 5.92 Å². The van der Waals surface area contributed by atoms with E-state index in [1.807, 2.05) is 18.8 Å². The maximum Gasteiger partial charge on any atom is 0.162 e. The molecule has 0 bridgehead atoms. The van der Waals surface area contributed by atoms with Gasteiger partial charge in [-0.05, 0) is 45.7 Å². The molecule has 120 valence electrons. The molecule has 0 atom stereocenters. The van der Waals surface area contributed by atoms with Crippen molar-refractivity contribution in [3.05, 3.63) is 11.9 Å². The summed E-state index contributed by atoms with van der Waals surface area (Å²) >= 11 is 0. The summed E-state index contributed by atoms with van der Waals surface area (Å²) in [7, 11) is 5.74. The first-order valence-electron chi connectivity index (χ1n) is 7.97. The van der Waals surface area contributed by atoms with Crippen molar-refractivity contribution in [1.82, 2.24) is 14.7 Å². The third-order valence-corrected chi connectivity index (χ3v) is 4.74. The smallest absolute Gasteiger partial charge is 0.162 e. The van der Waals surface area contributed by atoms with Gasteiger partial charge in [0.05, 0.1) is 19.9 Å². The summed E-state index contributed by atoms with van der Waals surface area (Å²) < 4.78 is 7.37. The van der Waals surface area contributed by atoms with E-state index in [9.17, 15) is 5.11 Å². The van der Waals surface area contributed by atoms with Crippen LogP contribution in [0.1, 0.15) is 44.7 Å². The van der Waals surface area contributed by atoms with Crippen molar-refractivity contribution in [2.75, 3.05) is 27.7 Å². The number of aliphatic hydroxyl groups is 1. The van der Waals surface area contributed by atoms with E-state index < -0.39 is 5.60 Å². The zero-order valence-corrected chi connectivity index (χ0v) is 13.8. The summed E-state index contributed by atoms with van der Waals surface area (Å²) in [6.07, 6.45) is 6.69. The lowest BCUT2D eigenvalue weighted by Crippen LogP contribution is -2.35. The molecule has 0 radical (unpaired) electrons. The molecule has 0 unspecified atom stereocenters. The van der Waals surface area contributed by atoms with E-state index in [4.69, 9.17) is 4.74 Å². The van der Waals surface area contributed by atoms with Crippen LogP contribution in [0.2, 0.25) is 0 Å². The number of hydrogen-bond donors (Lipinski definition) is 1. The lowest BCUT2D eigenvalue weighted by molar-refractivity contribution is -0.0240. The van der Waals surface area contributed by atoms with Crippen molar-refractivity contribution in [3.8, 4) is 5.75 Å². The average molecular weight is 295 g/mol. The fourth-order valence-corrected chi connectivity index (χ4v) is 3.25. The van der Waals surface area contributed by atoms with E-state index in [0.29, 0.717) is 5.75 Å². The quantitative estimate of drug-likeness (QED) is 0.874. The Morgan fingerprint density at radius 3 is 2.62 bits per heavy atom. The van der Waals surface area contributed by atoms with E-state index in [2.05, 4.69) is 16.9 Å². The molecule has 5 nitrogen and oxygen atoms in total. The minimum atomic E-state index is -0.792. The van der Waals surface area contributed by atoms with Gasteiger partial charge in [-0.1, -0.05) is 13.3 Å². The van der Waals surface area contributed by atoms with Crippen molar-refractivity contribution in [2.24, 2.45) is 5.92 Å². The van der Waals surface area contributed by atoms with Crippen LogP contribution in [-0.4, -0.2) is 47.5 Å². The fraction of sp³-hybridized carbons (Fsp3) is 0.812. The Balaban J connectivity index is 2.22. The van der Waals surface area contributed by atoms with Crippen LogP contribution in [0.3, 0.4) is 0 Å². The van der Waals surface area contributed by atoms with Crippen molar-refractivity contribution in [2.45, 2.75) is 51.2 Å². The highest BCUT2D eigenvalue weighted by atomic mass is 16.5. The second-order valence-electron chi connectivity index (χ2n) is 6.47. The van der Waals surface area contributed by atoms with Crippen molar-refractivity contribution < 1.29 is 9.84 Å². The third-order valence-electron chi connectivity index (χ3n) is 4.74. The van der Waals surface area contributed by atoms with Gasteiger partial charge in [-0.15, -0.1) is 0 Å². The molecular weight excluding hydrogens is 266 g/mol. The molecule has 1 N–H and O–H groups in total. The third kappa shape index (κ3) is 3.58. The molecule has 1 aromatic rings. The molecule has 0 aromatic carbocycles. The number of nitrogens with zero attached hydrogens (tertiary/aromatic N) is 3. The van der Waals surface area contributed by atoms with Gasteiger partial charge >= 0.3 is 0 Å². The van der Waals surface area contributed by atoms with E-state index in [1.54, 1.807) is 13.3 Å². The first-order valence-corrected chi connectivity index (χ1v) is 7.97. The lowest BCUT2D eigenvalue weighted by Gasteiger charge is -2.36. The largest absolute Gasteiger partial charge is 0.493 e. The summed E-state index contributed by atoms with van der Waals surface area (Å²) in [5.74, 6) is 1.46. The molecule has 0 saturated heterocycles. The number of methoxy groups -OCH3 is 1. The molecule has 1 fully saturated rings. The van der Waals surface area contributed by atoms with E-state index >= 15 is 0 Å². The molecule has 0 amide bonds. The van der Waals surface area contributed by atoms with Crippen LogP contribution in [0.4, 0.5) is 0 Å². The van der Waals surface area contributed by atoms with E-state index in [1.165, 1.54) is 6.42 Å². The highest BCUT2D eigenvalue weighted by Crippen LogP contribution is 2.43. The van der Waals surface area contributed by atoms with Crippen LogP contribution in [0.5, 0.6) is 5.75 Å². The molecule has 1 aliphatic rings. The summed E-state index contributed by atoms with van der Waals surface area (Å²) in [4.78, 5) is 2.12. The molecule has 5 heteroatoms. The SMILES string of the molecule is CCC1CCC(O)(c2c(OC)cnn2CCN(C)C)CC1. The predicted molar refractivity (Wildman–Crippen MR) is 83.5 cm³/mol. The zero-order chi connectivity index (χ0) is 15.5. The van der Waals surface area contributed by atoms with Gasteiger partial charge in [-0.2, -0.15) is 5.10 Å². The van der Waals surface area contributed by atoms with Crippen LogP contribution >= 0.6 is 0 Å². The second kappa shape index (κ2) is 6.79. The normalized spacial score (nSPS) is 26.3. The molecule has 21 heavy (non-hydrogen) atoms. The van der Waals surface area contributed by atoms with Gasteiger partial charge in [-0.3, -0.25) is 4.68 Å². The Labute approximate surface area is 127 Å². The number of hydrogen-bond acceptors (Lipinski definition) is 4. The molecule has 2 rings (SSSR count). The maximum atomic E-state index is 11.1. The van der Waals surface area contributed by atoms with Crippen molar-refractivity contribution in [3.63, 3.8) is 0 Å². The molecule has 0 aliphatic heterocycles. The summed E-state index contributed by atoms with van der Waals surface area (Å²) in [6, 6.07) is 0. The van der Waals surface area contributed by atoms with Gasteiger partial charge in [0.25, 0.3) is 0 Å². The Hall–Kier alpha value is -1.07. The number of aromatic nitrogens is 2. The predicted octanol–water partition coefficient (Wildman–Crippen LogP) is 2.24. The molecule has 1 heterocycles.